The molecule has 2 nitrogen and oxygen atoms in total. The summed E-state index contributed by atoms with van der Waals surface area (Å²) in [6.07, 6.45) is 6.98. The van der Waals surface area contributed by atoms with Gasteiger partial charge in [0.25, 0.3) is 0 Å². The molecule has 1 heterocycles. The molecule has 0 spiro atoms. The Labute approximate surface area is 117 Å². The lowest BCUT2D eigenvalue weighted by Crippen LogP contribution is -2.44. The fourth-order valence-corrected chi connectivity index (χ4v) is 4.19. The molecule has 0 aromatic heterocycles. The molecule has 1 unspecified atom stereocenters. The molecule has 1 aliphatic heterocycles. The number of nitrogens with one attached hydrogen (secondary N) is 1. The zero-order valence-corrected chi connectivity index (χ0v) is 13.2. The van der Waals surface area contributed by atoms with Crippen molar-refractivity contribution < 1.29 is 0 Å². The summed E-state index contributed by atoms with van der Waals surface area (Å²) in [5.74, 6) is 1.29. The maximum atomic E-state index is 3.77. The van der Waals surface area contributed by atoms with Crippen molar-refractivity contribution >= 4 is 11.8 Å². The first-order valence-electron chi connectivity index (χ1n) is 7.68. The molecule has 3 heteroatoms. The number of hydrogen-bond donors (Lipinski definition) is 1. The largest absolute Gasteiger partial charge is 0.312 e. The zero-order valence-electron chi connectivity index (χ0n) is 12.4. The van der Waals surface area contributed by atoms with E-state index in [1.54, 1.807) is 0 Å². The number of nitrogens with zero attached hydrogens (tertiary/aromatic N) is 1. The van der Waals surface area contributed by atoms with Gasteiger partial charge in [0.05, 0.1) is 0 Å². The van der Waals surface area contributed by atoms with Gasteiger partial charge in [-0.1, -0.05) is 26.7 Å². The van der Waals surface area contributed by atoms with Crippen LogP contribution in [0.25, 0.3) is 0 Å². The van der Waals surface area contributed by atoms with Gasteiger partial charge in [-0.3, -0.25) is 4.90 Å². The minimum absolute atomic E-state index is 0.480. The Kier molecular flexibility index (Phi) is 5.40. The van der Waals surface area contributed by atoms with Crippen LogP contribution in [0.4, 0.5) is 0 Å². The lowest BCUT2D eigenvalue weighted by atomic mass is 10.1. The second kappa shape index (κ2) is 6.62. The molecule has 1 saturated heterocycles. The van der Waals surface area contributed by atoms with Crippen molar-refractivity contribution in [2.24, 2.45) is 0 Å². The average Bonchev–Trinajstić information content (AvgIpc) is 2.77. The third-order valence-corrected chi connectivity index (χ3v) is 5.93. The molecule has 2 aliphatic rings. The number of hydrogen-bond acceptors (Lipinski definition) is 3. The summed E-state index contributed by atoms with van der Waals surface area (Å²) < 4.78 is 0.480. The summed E-state index contributed by atoms with van der Waals surface area (Å²) >= 11 is 2.14. The Hall–Kier alpha value is 0.270. The van der Waals surface area contributed by atoms with Crippen molar-refractivity contribution in [2.75, 3.05) is 25.4 Å². The predicted octanol–water partition coefficient (Wildman–Crippen LogP) is 3.12. The minimum Gasteiger partial charge on any atom is -0.312 e. The zero-order chi connectivity index (χ0) is 13.0. The Morgan fingerprint density at radius 3 is 2.72 bits per heavy atom. The van der Waals surface area contributed by atoms with E-state index >= 15 is 0 Å². The highest BCUT2D eigenvalue weighted by Crippen LogP contribution is 2.31. The Morgan fingerprint density at radius 1 is 1.28 bits per heavy atom. The van der Waals surface area contributed by atoms with E-state index in [9.17, 15) is 0 Å². The highest BCUT2D eigenvalue weighted by Gasteiger charge is 2.26. The van der Waals surface area contributed by atoms with E-state index < -0.39 is 0 Å². The molecule has 1 aliphatic carbocycles. The SMILES string of the molecule is CC(CNC1CCCC1)N1CCSC(C)(C)CC1. The lowest BCUT2D eigenvalue weighted by molar-refractivity contribution is 0.209. The Balaban J connectivity index is 1.72. The van der Waals surface area contributed by atoms with Gasteiger partial charge in [0.1, 0.15) is 0 Å². The van der Waals surface area contributed by atoms with Crippen LogP contribution < -0.4 is 5.32 Å². The molecule has 0 amide bonds. The van der Waals surface area contributed by atoms with Gasteiger partial charge in [0.2, 0.25) is 0 Å². The van der Waals surface area contributed by atoms with Gasteiger partial charge in [-0.25, -0.2) is 0 Å². The fraction of sp³-hybridized carbons (Fsp3) is 1.00. The summed E-state index contributed by atoms with van der Waals surface area (Å²) in [6.45, 7) is 10.9. The molecule has 1 atom stereocenters. The van der Waals surface area contributed by atoms with Gasteiger partial charge in [0.15, 0.2) is 0 Å². The van der Waals surface area contributed by atoms with Crippen LogP contribution in [0.1, 0.15) is 52.9 Å². The molecule has 2 rings (SSSR count). The molecule has 0 aromatic rings. The normalized spacial score (nSPS) is 28.2. The van der Waals surface area contributed by atoms with E-state index in [0.29, 0.717) is 10.8 Å². The van der Waals surface area contributed by atoms with E-state index in [0.717, 1.165) is 6.04 Å². The Morgan fingerprint density at radius 2 is 2.00 bits per heavy atom. The van der Waals surface area contributed by atoms with Crippen LogP contribution in [-0.2, 0) is 0 Å². The highest BCUT2D eigenvalue weighted by atomic mass is 32.2. The minimum atomic E-state index is 0.480. The Bertz CT molecular complexity index is 249. The van der Waals surface area contributed by atoms with Crippen LogP contribution >= 0.6 is 11.8 Å². The van der Waals surface area contributed by atoms with E-state index in [2.05, 4.69) is 42.7 Å². The monoisotopic (exact) mass is 270 g/mol. The van der Waals surface area contributed by atoms with E-state index in [1.807, 2.05) is 0 Å². The van der Waals surface area contributed by atoms with Crippen LogP contribution in [0, 0.1) is 0 Å². The van der Waals surface area contributed by atoms with Gasteiger partial charge < -0.3 is 5.32 Å². The van der Waals surface area contributed by atoms with Crippen molar-refractivity contribution in [3.63, 3.8) is 0 Å². The highest BCUT2D eigenvalue weighted by molar-refractivity contribution is 8.00. The molecule has 0 radical (unpaired) electrons. The quantitative estimate of drug-likeness (QED) is 0.845. The lowest BCUT2D eigenvalue weighted by Gasteiger charge is -2.29. The van der Waals surface area contributed by atoms with Crippen LogP contribution in [0.5, 0.6) is 0 Å². The van der Waals surface area contributed by atoms with Crippen molar-refractivity contribution in [3.05, 3.63) is 0 Å². The molecular weight excluding hydrogens is 240 g/mol. The molecule has 18 heavy (non-hydrogen) atoms. The van der Waals surface area contributed by atoms with E-state index in [1.165, 1.54) is 57.5 Å². The predicted molar refractivity (Wildman–Crippen MR) is 82.4 cm³/mol. The summed E-state index contributed by atoms with van der Waals surface area (Å²) in [5, 5.41) is 3.77. The van der Waals surface area contributed by atoms with Crippen LogP contribution in [-0.4, -0.2) is 47.1 Å². The molecule has 1 saturated carbocycles. The molecule has 106 valence electrons. The molecule has 1 N–H and O–H groups in total. The van der Waals surface area contributed by atoms with Gasteiger partial charge in [-0.15, -0.1) is 0 Å². The maximum absolute atomic E-state index is 3.77. The topological polar surface area (TPSA) is 15.3 Å². The van der Waals surface area contributed by atoms with Crippen LogP contribution in [0.3, 0.4) is 0 Å². The molecule has 0 aromatic carbocycles. The van der Waals surface area contributed by atoms with Crippen LogP contribution in [0.2, 0.25) is 0 Å². The van der Waals surface area contributed by atoms with Crippen LogP contribution in [0.15, 0.2) is 0 Å². The average molecular weight is 270 g/mol. The maximum Gasteiger partial charge on any atom is 0.0192 e. The first-order valence-corrected chi connectivity index (χ1v) is 8.67. The van der Waals surface area contributed by atoms with Gasteiger partial charge >= 0.3 is 0 Å². The standard InChI is InChI=1S/C15H30N2S/c1-13(12-16-14-6-4-5-7-14)17-9-8-15(2,3)18-11-10-17/h13-14,16H,4-12H2,1-3H3. The molecule has 0 bridgehead atoms. The van der Waals surface area contributed by atoms with Crippen molar-refractivity contribution in [1.82, 2.24) is 10.2 Å². The summed E-state index contributed by atoms with van der Waals surface area (Å²) in [4.78, 5) is 2.68. The van der Waals surface area contributed by atoms with Crippen molar-refractivity contribution in [3.8, 4) is 0 Å². The van der Waals surface area contributed by atoms with Gasteiger partial charge in [0, 0.05) is 35.7 Å². The summed E-state index contributed by atoms with van der Waals surface area (Å²) in [7, 11) is 0. The van der Waals surface area contributed by atoms with E-state index in [4.69, 9.17) is 0 Å². The first-order chi connectivity index (χ1) is 8.57. The first kappa shape index (κ1) is 14.7. The van der Waals surface area contributed by atoms with Gasteiger partial charge in [-0.2, -0.15) is 11.8 Å². The smallest absolute Gasteiger partial charge is 0.0192 e. The molecular formula is C15H30N2S. The second-order valence-electron chi connectivity index (χ2n) is 6.63. The summed E-state index contributed by atoms with van der Waals surface area (Å²) in [5.41, 5.74) is 0. The summed E-state index contributed by atoms with van der Waals surface area (Å²) in [6, 6.07) is 1.50. The molecule has 2 fully saturated rings. The fourth-order valence-electron chi connectivity index (χ4n) is 3.07. The number of rotatable bonds is 4. The van der Waals surface area contributed by atoms with Crippen molar-refractivity contribution in [2.45, 2.75) is 69.7 Å². The third-order valence-electron chi connectivity index (χ3n) is 4.55. The third kappa shape index (κ3) is 4.43. The van der Waals surface area contributed by atoms with E-state index in [-0.39, 0.29) is 0 Å². The second-order valence-corrected chi connectivity index (χ2v) is 8.43. The number of thioether (sulfide) groups is 1. The van der Waals surface area contributed by atoms with Gasteiger partial charge in [-0.05, 0) is 32.7 Å². The van der Waals surface area contributed by atoms with Crippen molar-refractivity contribution in [1.29, 1.82) is 0 Å².